The quantitative estimate of drug-likeness (QED) is 0.602. The van der Waals surface area contributed by atoms with E-state index < -0.39 is 5.76 Å². The Morgan fingerprint density at radius 1 is 1.09 bits per heavy atom. The SMILES string of the molecule is O=C(C=Cc1ccc(SC(F)F)cc1)NCCc1ccccc1. The maximum absolute atomic E-state index is 12.2. The first kappa shape index (κ1) is 17.2. The van der Waals surface area contributed by atoms with Gasteiger partial charge in [0.1, 0.15) is 0 Å². The summed E-state index contributed by atoms with van der Waals surface area (Å²) in [5.74, 6) is -2.60. The van der Waals surface area contributed by atoms with Crippen LogP contribution in [-0.4, -0.2) is 18.2 Å². The van der Waals surface area contributed by atoms with E-state index in [2.05, 4.69) is 5.32 Å². The van der Waals surface area contributed by atoms with Crippen molar-refractivity contribution in [1.29, 1.82) is 0 Å². The second kappa shape index (κ2) is 9.10. The van der Waals surface area contributed by atoms with E-state index in [-0.39, 0.29) is 5.91 Å². The highest BCUT2D eigenvalue weighted by Crippen LogP contribution is 2.25. The van der Waals surface area contributed by atoms with Crippen LogP contribution in [0.4, 0.5) is 8.78 Å². The Morgan fingerprint density at radius 2 is 1.78 bits per heavy atom. The molecule has 0 aliphatic heterocycles. The van der Waals surface area contributed by atoms with E-state index in [1.165, 1.54) is 11.6 Å². The maximum Gasteiger partial charge on any atom is 0.288 e. The van der Waals surface area contributed by atoms with Gasteiger partial charge in [0.05, 0.1) is 0 Å². The molecule has 23 heavy (non-hydrogen) atoms. The molecule has 2 aromatic carbocycles. The highest BCUT2D eigenvalue weighted by molar-refractivity contribution is 7.99. The van der Waals surface area contributed by atoms with Gasteiger partial charge in [0.15, 0.2) is 0 Å². The first-order valence-electron chi connectivity index (χ1n) is 7.18. The monoisotopic (exact) mass is 333 g/mol. The molecule has 2 nitrogen and oxygen atoms in total. The predicted octanol–water partition coefficient (Wildman–Crippen LogP) is 4.37. The lowest BCUT2D eigenvalue weighted by molar-refractivity contribution is -0.116. The zero-order chi connectivity index (χ0) is 16.5. The first-order chi connectivity index (χ1) is 11.1. The van der Waals surface area contributed by atoms with Crippen molar-refractivity contribution in [2.24, 2.45) is 0 Å². The third-order valence-electron chi connectivity index (χ3n) is 3.09. The molecule has 2 rings (SSSR count). The zero-order valence-electron chi connectivity index (χ0n) is 12.4. The summed E-state index contributed by atoms with van der Waals surface area (Å²) in [5, 5.41) is 2.81. The van der Waals surface area contributed by atoms with Crippen LogP contribution in [0.3, 0.4) is 0 Å². The van der Waals surface area contributed by atoms with E-state index in [0.29, 0.717) is 23.2 Å². The van der Waals surface area contributed by atoms with Crippen molar-refractivity contribution < 1.29 is 13.6 Å². The molecule has 0 bridgehead atoms. The van der Waals surface area contributed by atoms with Gasteiger partial charge in [0.25, 0.3) is 5.76 Å². The van der Waals surface area contributed by atoms with E-state index in [1.807, 2.05) is 30.3 Å². The Labute approximate surface area is 138 Å². The van der Waals surface area contributed by atoms with Gasteiger partial charge in [-0.05, 0) is 35.8 Å². The molecular formula is C18H17F2NOS. The first-order valence-corrected chi connectivity index (χ1v) is 8.06. The van der Waals surface area contributed by atoms with Gasteiger partial charge in [-0.2, -0.15) is 8.78 Å². The van der Waals surface area contributed by atoms with E-state index >= 15 is 0 Å². The number of amides is 1. The van der Waals surface area contributed by atoms with Crippen LogP contribution >= 0.6 is 11.8 Å². The van der Waals surface area contributed by atoms with Crippen LogP contribution in [0.1, 0.15) is 11.1 Å². The molecule has 0 aliphatic carbocycles. The molecule has 0 spiro atoms. The molecular weight excluding hydrogens is 316 g/mol. The molecule has 0 radical (unpaired) electrons. The fraction of sp³-hybridized carbons (Fsp3) is 0.167. The number of carbonyl (C=O) groups excluding carboxylic acids is 1. The number of rotatable bonds is 7. The summed E-state index contributed by atoms with van der Waals surface area (Å²) >= 11 is 0.504. The minimum absolute atomic E-state index is 0.174. The molecule has 120 valence electrons. The molecule has 2 aromatic rings. The molecule has 0 aliphatic rings. The fourth-order valence-electron chi connectivity index (χ4n) is 1.97. The third kappa shape index (κ3) is 6.65. The summed E-state index contributed by atoms with van der Waals surface area (Å²) in [5.41, 5.74) is 1.96. The molecule has 5 heteroatoms. The number of alkyl halides is 2. The van der Waals surface area contributed by atoms with Gasteiger partial charge >= 0.3 is 0 Å². The largest absolute Gasteiger partial charge is 0.352 e. The Morgan fingerprint density at radius 3 is 2.43 bits per heavy atom. The number of halogens is 2. The van der Waals surface area contributed by atoms with Gasteiger partial charge in [0.2, 0.25) is 5.91 Å². The normalized spacial score (nSPS) is 11.1. The average Bonchev–Trinajstić information content (AvgIpc) is 2.55. The third-order valence-corrected chi connectivity index (χ3v) is 3.81. The van der Waals surface area contributed by atoms with Crippen molar-refractivity contribution in [3.8, 4) is 0 Å². The molecule has 0 aromatic heterocycles. The number of hydrogen-bond donors (Lipinski definition) is 1. The van der Waals surface area contributed by atoms with E-state index in [9.17, 15) is 13.6 Å². The van der Waals surface area contributed by atoms with Gasteiger partial charge in [0, 0.05) is 17.5 Å². The standard InChI is InChI=1S/C18H17F2NOS/c19-18(20)23-16-9-6-15(7-10-16)8-11-17(22)21-13-12-14-4-2-1-3-5-14/h1-11,18H,12-13H2,(H,21,22). The number of hydrogen-bond acceptors (Lipinski definition) is 2. The lowest BCUT2D eigenvalue weighted by Crippen LogP contribution is -2.23. The molecule has 0 fully saturated rings. The summed E-state index contributed by atoms with van der Waals surface area (Å²) in [6.07, 6.45) is 3.88. The molecule has 0 saturated heterocycles. The summed E-state index contributed by atoms with van der Waals surface area (Å²) in [4.78, 5) is 12.2. The molecule has 1 amide bonds. The van der Waals surface area contributed by atoms with Gasteiger partial charge in [-0.15, -0.1) is 0 Å². The smallest absolute Gasteiger partial charge is 0.288 e. The molecule has 1 N–H and O–H groups in total. The summed E-state index contributed by atoms with van der Waals surface area (Å²) < 4.78 is 24.4. The predicted molar refractivity (Wildman–Crippen MR) is 90.5 cm³/mol. The number of benzene rings is 2. The van der Waals surface area contributed by atoms with Gasteiger partial charge in [-0.25, -0.2) is 0 Å². The zero-order valence-corrected chi connectivity index (χ0v) is 13.2. The van der Waals surface area contributed by atoms with Crippen LogP contribution in [0.25, 0.3) is 6.08 Å². The van der Waals surface area contributed by atoms with Gasteiger partial charge < -0.3 is 5.32 Å². The van der Waals surface area contributed by atoms with Gasteiger partial charge in [-0.3, -0.25) is 4.79 Å². The highest BCUT2D eigenvalue weighted by atomic mass is 32.2. The van der Waals surface area contributed by atoms with Crippen LogP contribution < -0.4 is 5.32 Å². The van der Waals surface area contributed by atoms with Crippen LogP contribution in [0.2, 0.25) is 0 Å². The average molecular weight is 333 g/mol. The van der Waals surface area contributed by atoms with E-state index in [4.69, 9.17) is 0 Å². The number of carbonyl (C=O) groups is 1. The molecule has 0 heterocycles. The minimum atomic E-state index is -2.42. The van der Waals surface area contributed by atoms with Crippen LogP contribution in [0.5, 0.6) is 0 Å². The molecule has 0 unspecified atom stereocenters. The van der Waals surface area contributed by atoms with Crippen molar-refractivity contribution in [2.75, 3.05) is 6.54 Å². The number of nitrogens with one attached hydrogen (secondary N) is 1. The van der Waals surface area contributed by atoms with E-state index in [1.54, 1.807) is 30.3 Å². The van der Waals surface area contributed by atoms with Crippen molar-refractivity contribution >= 4 is 23.7 Å². The lowest BCUT2D eigenvalue weighted by Gasteiger charge is -2.03. The summed E-state index contributed by atoms with van der Waals surface area (Å²) in [6.45, 7) is 0.567. The number of thioether (sulfide) groups is 1. The lowest BCUT2D eigenvalue weighted by atomic mass is 10.1. The highest BCUT2D eigenvalue weighted by Gasteiger charge is 2.04. The minimum Gasteiger partial charge on any atom is -0.352 e. The van der Waals surface area contributed by atoms with Gasteiger partial charge in [-0.1, -0.05) is 54.2 Å². The van der Waals surface area contributed by atoms with Crippen molar-refractivity contribution in [3.63, 3.8) is 0 Å². The second-order valence-electron chi connectivity index (χ2n) is 4.81. The van der Waals surface area contributed by atoms with Crippen LogP contribution in [-0.2, 0) is 11.2 Å². The topological polar surface area (TPSA) is 29.1 Å². The summed E-state index contributed by atoms with van der Waals surface area (Å²) in [6, 6.07) is 16.6. The molecule has 0 atom stereocenters. The Kier molecular flexibility index (Phi) is 6.81. The Hall–Kier alpha value is -2.14. The Balaban J connectivity index is 1.77. The second-order valence-corrected chi connectivity index (χ2v) is 5.87. The summed E-state index contributed by atoms with van der Waals surface area (Å²) in [7, 11) is 0. The van der Waals surface area contributed by atoms with Crippen molar-refractivity contribution in [2.45, 2.75) is 17.1 Å². The van der Waals surface area contributed by atoms with Crippen LogP contribution in [0.15, 0.2) is 65.6 Å². The maximum atomic E-state index is 12.2. The molecule has 0 saturated carbocycles. The van der Waals surface area contributed by atoms with Crippen LogP contribution in [0, 0.1) is 0 Å². The Bertz CT molecular complexity index is 642. The van der Waals surface area contributed by atoms with E-state index in [0.717, 1.165) is 12.0 Å². The fourth-order valence-corrected chi connectivity index (χ4v) is 2.46. The van der Waals surface area contributed by atoms with Crippen molar-refractivity contribution in [1.82, 2.24) is 5.32 Å². The van der Waals surface area contributed by atoms with Crippen molar-refractivity contribution in [3.05, 3.63) is 71.8 Å².